The Morgan fingerprint density at radius 1 is 1.28 bits per heavy atom. The number of piperazine rings is 1. The number of nitrogens with zero attached hydrogens (tertiary/aromatic N) is 2. The van der Waals surface area contributed by atoms with E-state index in [9.17, 15) is 0 Å². The SMILES string of the molecule is CCCC(C)(CNC)CN1CCN(C)C(CC)C1. The smallest absolute Gasteiger partial charge is 0.0218 e. The molecule has 1 aliphatic heterocycles. The van der Waals surface area contributed by atoms with Crippen LogP contribution in [0.15, 0.2) is 0 Å². The average molecular weight is 255 g/mol. The van der Waals surface area contributed by atoms with Gasteiger partial charge >= 0.3 is 0 Å². The molecule has 0 radical (unpaired) electrons. The van der Waals surface area contributed by atoms with Crippen molar-refractivity contribution in [1.29, 1.82) is 0 Å². The molecule has 2 atom stereocenters. The molecule has 1 aliphatic rings. The minimum absolute atomic E-state index is 0.428. The van der Waals surface area contributed by atoms with Crippen molar-refractivity contribution in [2.45, 2.75) is 46.1 Å². The highest BCUT2D eigenvalue weighted by molar-refractivity contribution is 4.85. The molecule has 1 heterocycles. The van der Waals surface area contributed by atoms with Crippen LogP contribution >= 0.6 is 0 Å². The normalized spacial score (nSPS) is 26.2. The van der Waals surface area contributed by atoms with Gasteiger partial charge in [-0.2, -0.15) is 0 Å². The van der Waals surface area contributed by atoms with E-state index in [4.69, 9.17) is 0 Å². The molecule has 3 heteroatoms. The van der Waals surface area contributed by atoms with Crippen molar-refractivity contribution in [3.05, 3.63) is 0 Å². The first kappa shape index (κ1) is 15.9. The van der Waals surface area contributed by atoms with Gasteiger partial charge in [-0.1, -0.05) is 27.2 Å². The van der Waals surface area contributed by atoms with Gasteiger partial charge in [-0.25, -0.2) is 0 Å². The van der Waals surface area contributed by atoms with Crippen LogP contribution in [0.1, 0.15) is 40.0 Å². The molecule has 0 saturated carbocycles. The van der Waals surface area contributed by atoms with Crippen molar-refractivity contribution >= 4 is 0 Å². The van der Waals surface area contributed by atoms with Gasteiger partial charge in [0, 0.05) is 38.8 Å². The third-order valence-corrected chi connectivity index (χ3v) is 4.39. The van der Waals surface area contributed by atoms with Crippen molar-refractivity contribution in [3.8, 4) is 0 Å². The van der Waals surface area contributed by atoms with Crippen LogP contribution in [0.4, 0.5) is 0 Å². The predicted octanol–water partition coefficient (Wildman–Crippen LogP) is 2.04. The predicted molar refractivity (Wildman–Crippen MR) is 80.1 cm³/mol. The molecule has 0 spiro atoms. The van der Waals surface area contributed by atoms with Crippen molar-refractivity contribution < 1.29 is 0 Å². The van der Waals surface area contributed by atoms with E-state index in [1.807, 2.05) is 0 Å². The van der Waals surface area contributed by atoms with E-state index in [0.29, 0.717) is 5.41 Å². The number of hydrogen-bond donors (Lipinski definition) is 1. The van der Waals surface area contributed by atoms with Crippen LogP contribution in [0.5, 0.6) is 0 Å². The monoisotopic (exact) mass is 255 g/mol. The first-order chi connectivity index (χ1) is 8.54. The standard InChI is InChI=1S/C15H33N3/c1-6-8-15(3,12-16-4)13-18-10-9-17(5)14(7-2)11-18/h14,16H,6-13H2,1-5H3. The lowest BCUT2D eigenvalue weighted by atomic mass is 9.84. The van der Waals surface area contributed by atoms with Crippen LogP contribution in [0.2, 0.25) is 0 Å². The van der Waals surface area contributed by atoms with Gasteiger partial charge in [0.1, 0.15) is 0 Å². The highest BCUT2D eigenvalue weighted by atomic mass is 15.3. The second kappa shape index (κ2) is 7.46. The molecule has 0 aromatic heterocycles. The Kier molecular flexibility index (Phi) is 6.61. The van der Waals surface area contributed by atoms with Gasteiger partial charge in [0.15, 0.2) is 0 Å². The Hall–Kier alpha value is -0.120. The molecule has 18 heavy (non-hydrogen) atoms. The van der Waals surface area contributed by atoms with Crippen LogP contribution in [0, 0.1) is 5.41 Å². The van der Waals surface area contributed by atoms with Crippen LogP contribution in [-0.2, 0) is 0 Å². The number of rotatable bonds is 7. The van der Waals surface area contributed by atoms with Gasteiger partial charge in [-0.15, -0.1) is 0 Å². The van der Waals surface area contributed by atoms with Gasteiger partial charge in [0.05, 0.1) is 0 Å². The molecule has 1 fully saturated rings. The fraction of sp³-hybridized carbons (Fsp3) is 1.00. The number of likely N-dealkylation sites (N-methyl/N-ethyl adjacent to an activating group) is 1. The van der Waals surface area contributed by atoms with E-state index < -0.39 is 0 Å². The first-order valence-electron chi connectivity index (χ1n) is 7.62. The molecule has 1 N–H and O–H groups in total. The zero-order valence-electron chi connectivity index (χ0n) is 13.1. The fourth-order valence-corrected chi connectivity index (χ4v) is 3.39. The molecule has 1 rings (SSSR count). The summed E-state index contributed by atoms with van der Waals surface area (Å²) in [5.74, 6) is 0. The van der Waals surface area contributed by atoms with Gasteiger partial charge < -0.3 is 10.2 Å². The molecule has 3 nitrogen and oxygen atoms in total. The molecule has 0 aliphatic carbocycles. The van der Waals surface area contributed by atoms with Gasteiger partial charge in [-0.3, -0.25) is 4.90 Å². The third-order valence-electron chi connectivity index (χ3n) is 4.39. The van der Waals surface area contributed by atoms with E-state index in [0.717, 1.165) is 12.6 Å². The highest BCUT2D eigenvalue weighted by Gasteiger charge is 2.29. The van der Waals surface area contributed by atoms with Gasteiger partial charge in [-0.05, 0) is 32.4 Å². The lowest BCUT2D eigenvalue weighted by molar-refractivity contribution is 0.0585. The Morgan fingerprint density at radius 3 is 2.56 bits per heavy atom. The molecular weight excluding hydrogens is 222 g/mol. The van der Waals surface area contributed by atoms with Crippen LogP contribution in [0.3, 0.4) is 0 Å². The average Bonchev–Trinajstić information content (AvgIpc) is 2.32. The summed E-state index contributed by atoms with van der Waals surface area (Å²) < 4.78 is 0. The second-order valence-electron chi connectivity index (χ2n) is 6.37. The molecule has 108 valence electrons. The minimum atomic E-state index is 0.428. The molecular formula is C15H33N3. The molecule has 0 bridgehead atoms. The summed E-state index contributed by atoms with van der Waals surface area (Å²) in [5, 5.41) is 3.38. The van der Waals surface area contributed by atoms with Crippen LogP contribution in [0.25, 0.3) is 0 Å². The quantitative estimate of drug-likeness (QED) is 0.751. The van der Waals surface area contributed by atoms with Crippen molar-refractivity contribution in [2.75, 3.05) is 46.8 Å². The summed E-state index contributed by atoms with van der Waals surface area (Å²) in [6.07, 6.45) is 3.86. The molecule has 0 amide bonds. The van der Waals surface area contributed by atoms with E-state index in [1.54, 1.807) is 0 Å². The molecule has 0 aromatic carbocycles. The molecule has 1 saturated heterocycles. The van der Waals surface area contributed by atoms with E-state index >= 15 is 0 Å². The van der Waals surface area contributed by atoms with Crippen molar-refractivity contribution in [1.82, 2.24) is 15.1 Å². The molecule has 2 unspecified atom stereocenters. The molecule has 0 aromatic rings. The summed E-state index contributed by atoms with van der Waals surface area (Å²) in [6, 6.07) is 0.749. The Morgan fingerprint density at radius 2 is 2.00 bits per heavy atom. The maximum atomic E-state index is 3.38. The lowest BCUT2D eigenvalue weighted by Crippen LogP contribution is -2.54. The Bertz CT molecular complexity index is 224. The number of hydrogen-bond acceptors (Lipinski definition) is 3. The van der Waals surface area contributed by atoms with Gasteiger partial charge in [0.2, 0.25) is 0 Å². The van der Waals surface area contributed by atoms with Gasteiger partial charge in [0.25, 0.3) is 0 Å². The number of nitrogens with one attached hydrogen (secondary N) is 1. The fourth-order valence-electron chi connectivity index (χ4n) is 3.39. The zero-order chi connectivity index (χ0) is 13.6. The largest absolute Gasteiger partial charge is 0.319 e. The van der Waals surface area contributed by atoms with E-state index in [1.165, 1.54) is 45.4 Å². The maximum Gasteiger partial charge on any atom is 0.0218 e. The summed E-state index contributed by atoms with van der Waals surface area (Å²) in [5.41, 5.74) is 0.428. The third kappa shape index (κ3) is 4.52. The van der Waals surface area contributed by atoms with E-state index in [-0.39, 0.29) is 0 Å². The highest BCUT2D eigenvalue weighted by Crippen LogP contribution is 2.25. The Balaban J connectivity index is 2.53. The minimum Gasteiger partial charge on any atom is -0.319 e. The summed E-state index contributed by atoms with van der Waals surface area (Å²) in [6.45, 7) is 13.1. The lowest BCUT2D eigenvalue weighted by Gasteiger charge is -2.43. The van der Waals surface area contributed by atoms with Crippen LogP contribution in [-0.4, -0.2) is 62.7 Å². The maximum absolute atomic E-state index is 3.38. The summed E-state index contributed by atoms with van der Waals surface area (Å²) >= 11 is 0. The Labute approximate surface area is 114 Å². The zero-order valence-corrected chi connectivity index (χ0v) is 13.1. The topological polar surface area (TPSA) is 18.5 Å². The van der Waals surface area contributed by atoms with Crippen LogP contribution < -0.4 is 5.32 Å². The van der Waals surface area contributed by atoms with Crippen molar-refractivity contribution in [2.24, 2.45) is 5.41 Å². The first-order valence-corrected chi connectivity index (χ1v) is 7.62. The van der Waals surface area contributed by atoms with Crippen molar-refractivity contribution in [3.63, 3.8) is 0 Å². The summed E-state index contributed by atoms with van der Waals surface area (Å²) in [4.78, 5) is 5.20. The second-order valence-corrected chi connectivity index (χ2v) is 6.37. The summed E-state index contributed by atoms with van der Waals surface area (Å²) in [7, 11) is 4.34. The van der Waals surface area contributed by atoms with E-state index in [2.05, 4.69) is 50.0 Å².